The van der Waals surface area contributed by atoms with Crippen LogP contribution >= 0.6 is 0 Å². The largest absolute Gasteiger partial charge is 0.478 e. The van der Waals surface area contributed by atoms with Crippen LogP contribution in [-0.2, 0) is 9.53 Å². The molecule has 1 saturated carbocycles. The molecular weight excluding hydrogens is 174 g/mol. The average molecular weight is 185 g/mol. The van der Waals surface area contributed by atoms with Crippen molar-refractivity contribution < 1.29 is 19.4 Å². The van der Waals surface area contributed by atoms with Gasteiger partial charge in [0.15, 0.2) is 0 Å². The van der Waals surface area contributed by atoms with Crippen molar-refractivity contribution in [3.8, 4) is 0 Å². The third-order valence-electron chi connectivity index (χ3n) is 2.63. The van der Waals surface area contributed by atoms with E-state index in [1.807, 2.05) is 0 Å². The maximum absolute atomic E-state index is 11.2. The van der Waals surface area contributed by atoms with Gasteiger partial charge in [-0.05, 0) is 19.3 Å². The van der Waals surface area contributed by atoms with Crippen molar-refractivity contribution in [2.75, 3.05) is 6.54 Å². The molecule has 1 aliphatic heterocycles. The molecular formula is C8H11NO4. The number of hydrogen-bond acceptors (Lipinski definition) is 3. The van der Waals surface area contributed by atoms with Crippen LogP contribution in [0.3, 0.4) is 0 Å². The highest BCUT2D eigenvalue weighted by molar-refractivity contribution is 5.81. The Balaban J connectivity index is 1.98. The second kappa shape index (κ2) is 2.90. The maximum atomic E-state index is 11.2. The zero-order valence-electron chi connectivity index (χ0n) is 7.10. The van der Waals surface area contributed by atoms with Crippen LogP contribution in [0.1, 0.15) is 19.3 Å². The van der Waals surface area contributed by atoms with Gasteiger partial charge in [0, 0.05) is 6.04 Å². The van der Waals surface area contributed by atoms with Gasteiger partial charge in [0.2, 0.25) is 6.10 Å². The van der Waals surface area contributed by atoms with E-state index < -0.39 is 18.2 Å². The highest BCUT2D eigenvalue weighted by Gasteiger charge is 2.41. The molecule has 1 N–H and O–H groups in total. The van der Waals surface area contributed by atoms with E-state index in [2.05, 4.69) is 4.74 Å². The molecule has 1 unspecified atom stereocenters. The van der Waals surface area contributed by atoms with Crippen molar-refractivity contribution in [2.45, 2.75) is 31.4 Å². The van der Waals surface area contributed by atoms with Crippen molar-refractivity contribution in [3.63, 3.8) is 0 Å². The molecule has 2 rings (SSSR count). The molecule has 1 saturated heterocycles. The fourth-order valence-electron chi connectivity index (χ4n) is 1.60. The van der Waals surface area contributed by atoms with Crippen molar-refractivity contribution >= 4 is 12.1 Å². The molecule has 13 heavy (non-hydrogen) atoms. The first-order chi connectivity index (χ1) is 6.18. The third-order valence-corrected chi connectivity index (χ3v) is 2.63. The molecule has 0 spiro atoms. The Hall–Kier alpha value is -1.26. The van der Waals surface area contributed by atoms with E-state index in [4.69, 9.17) is 5.11 Å². The van der Waals surface area contributed by atoms with Crippen LogP contribution in [0.5, 0.6) is 0 Å². The Kier molecular flexibility index (Phi) is 1.86. The Morgan fingerprint density at radius 3 is 2.62 bits per heavy atom. The molecule has 0 aromatic heterocycles. The van der Waals surface area contributed by atoms with Gasteiger partial charge in [-0.2, -0.15) is 0 Å². The summed E-state index contributed by atoms with van der Waals surface area (Å²) in [6, 6.07) is 0.219. The number of cyclic esters (lactones) is 1. The second-order valence-electron chi connectivity index (χ2n) is 3.45. The number of hydrogen-bond donors (Lipinski definition) is 1. The van der Waals surface area contributed by atoms with E-state index in [1.165, 1.54) is 4.90 Å². The summed E-state index contributed by atoms with van der Waals surface area (Å²) in [4.78, 5) is 23.2. The fourth-order valence-corrected chi connectivity index (χ4v) is 1.60. The van der Waals surface area contributed by atoms with Gasteiger partial charge >= 0.3 is 12.1 Å². The molecule has 72 valence electrons. The van der Waals surface area contributed by atoms with Crippen molar-refractivity contribution in [2.24, 2.45) is 0 Å². The second-order valence-corrected chi connectivity index (χ2v) is 3.45. The summed E-state index contributed by atoms with van der Waals surface area (Å²) in [5.74, 6) is -1.06. The SMILES string of the molecule is O=C(O)C1CN(C2CCC2)C(=O)O1. The lowest BCUT2D eigenvalue weighted by Crippen LogP contribution is -2.41. The summed E-state index contributed by atoms with van der Waals surface area (Å²) in [5, 5.41) is 8.62. The van der Waals surface area contributed by atoms with E-state index in [0.29, 0.717) is 0 Å². The number of rotatable bonds is 2. The van der Waals surface area contributed by atoms with Crippen molar-refractivity contribution in [1.29, 1.82) is 0 Å². The molecule has 0 aromatic carbocycles. The minimum absolute atomic E-state index is 0.207. The Morgan fingerprint density at radius 1 is 1.54 bits per heavy atom. The maximum Gasteiger partial charge on any atom is 0.411 e. The van der Waals surface area contributed by atoms with Gasteiger partial charge < -0.3 is 14.7 Å². The van der Waals surface area contributed by atoms with E-state index in [0.717, 1.165) is 19.3 Å². The van der Waals surface area contributed by atoms with Gasteiger partial charge in [-0.1, -0.05) is 0 Å². The standard InChI is InChI=1S/C8H11NO4/c10-7(11)6-4-9(8(12)13-6)5-2-1-3-5/h5-6H,1-4H2,(H,10,11). The predicted molar refractivity (Wildman–Crippen MR) is 42.2 cm³/mol. The normalized spacial score (nSPS) is 28.5. The molecule has 5 nitrogen and oxygen atoms in total. The lowest BCUT2D eigenvalue weighted by atomic mass is 9.92. The number of amides is 1. The van der Waals surface area contributed by atoms with Gasteiger partial charge in [0.25, 0.3) is 0 Å². The van der Waals surface area contributed by atoms with Gasteiger partial charge in [0.05, 0.1) is 6.54 Å². The summed E-state index contributed by atoms with van der Waals surface area (Å²) in [7, 11) is 0. The van der Waals surface area contributed by atoms with E-state index in [9.17, 15) is 9.59 Å². The van der Waals surface area contributed by atoms with Crippen molar-refractivity contribution in [1.82, 2.24) is 4.90 Å². The zero-order valence-corrected chi connectivity index (χ0v) is 7.10. The zero-order chi connectivity index (χ0) is 9.42. The Morgan fingerprint density at radius 2 is 2.23 bits per heavy atom. The van der Waals surface area contributed by atoms with E-state index >= 15 is 0 Å². The van der Waals surface area contributed by atoms with E-state index in [-0.39, 0.29) is 12.6 Å². The van der Waals surface area contributed by atoms with Gasteiger partial charge in [-0.15, -0.1) is 0 Å². The van der Waals surface area contributed by atoms with Crippen LogP contribution in [0.2, 0.25) is 0 Å². The molecule has 1 aliphatic carbocycles. The molecule has 1 heterocycles. The molecule has 1 amide bonds. The quantitative estimate of drug-likeness (QED) is 0.678. The minimum Gasteiger partial charge on any atom is -0.478 e. The van der Waals surface area contributed by atoms with Gasteiger partial charge in [-0.25, -0.2) is 9.59 Å². The topological polar surface area (TPSA) is 66.8 Å². The summed E-state index contributed by atoms with van der Waals surface area (Å²) >= 11 is 0. The fraction of sp³-hybridized carbons (Fsp3) is 0.750. The van der Waals surface area contributed by atoms with Gasteiger partial charge in [-0.3, -0.25) is 0 Å². The van der Waals surface area contributed by atoms with Crippen molar-refractivity contribution in [3.05, 3.63) is 0 Å². The molecule has 2 aliphatic rings. The van der Waals surface area contributed by atoms with Crippen LogP contribution in [0.15, 0.2) is 0 Å². The molecule has 5 heteroatoms. The Bertz CT molecular complexity index is 249. The minimum atomic E-state index is -1.06. The van der Waals surface area contributed by atoms with Crippen LogP contribution in [-0.4, -0.2) is 40.8 Å². The predicted octanol–water partition coefficient (Wildman–Crippen LogP) is 0.444. The molecule has 2 fully saturated rings. The lowest BCUT2D eigenvalue weighted by molar-refractivity contribution is -0.144. The average Bonchev–Trinajstić information content (AvgIpc) is 2.29. The van der Waals surface area contributed by atoms with Crippen LogP contribution in [0.4, 0.5) is 4.79 Å². The highest BCUT2D eigenvalue weighted by atomic mass is 16.6. The summed E-state index contributed by atoms with van der Waals surface area (Å²) in [5.41, 5.74) is 0. The van der Waals surface area contributed by atoms with E-state index in [1.54, 1.807) is 0 Å². The summed E-state index contributed by atoms with van der Waals surface area (Å²) in [6.07, 6.45) is 1.62. The first-order valence-electron chi connectivity index (χ1n) is 4.38. The van der Waals surface area contributed by atoms with Crippen LogP contribution < -0.4 is 0 Å². The Labute approximate surface area is 75.3 Å². The molecule has 0 radical (unpaired) electrons. The number of carboxylic acids is 1. The number of aliphatic carboxylic acids is 1. The summed E-state index contributed by atoms with van der Waals surface area (Å²) < 4.78 is 4.68. The van der Waals surface area contributed by atoms with Crippen LogP contribution in [0.25, 0.3) is 0 Å². The molecule has 0 aromatic rings. The number of nitrogens with zero attached hydrogens (tertiary/aromatic N) is 1. The third kappa shape index (κ3) is 1.34. The number of carbonyl (C=O) groups excluding carboxylic acids is 1. The lowest BCUT2D eigenvalue weighted by Gasteiger charge is -2.32. The first kappa shape index (κ1) is 8.34. The van der Waals surface area contributed by atoms with Gasteiger partial charge in [0.1, 0.15) is 0 Å². The monoisotopic (exact) mass is 185 g/mol. The number of carbonyl (C=O) groups is 2. The molecule has 0 bridgehead atoms. The highest BCUT2D eigenvalue weighted by Crippen LogP contribution is 2.28. The number of ether oxygens (including phenoxy) is 1. The van der Waals surface area contributed by atoms with Crippen LogP contribution in [0, 0.1) is 0 Å². The molecule has 1 atom stereocenters. The summed E-state index contributed by atoms with van der Waals surface area (Å²) in [6.45, 7) is 0.207. The first-order valence-corrected chi connectivity index (χ1v) is 4.38. The number of carboxylic acid groups (broad SMARTS) is 1. The smallest absolute Gasteiger partial charge is 0.411 e.